The summed E-state index contributed by atoms with van der Waals surface area (Å²) in [7, 11) is 0. The van der Waals surface area contributed by atoms with Crippen LogP contribution in [0.1, 0.15) is 33.1 Å². The van der Waals surface area contributed by atoms with Crippen molar-refractivity contribution >= 4 is 11.6 Å². The standard InChI is InChI=1S/C11H20N4/c1-9(2)5-3-4-6-13-11-8-14-10(12)7-15-11/h7-9H,3-6H2,1-2H3,(H2,12,14)(H,13,15). The van der Waals surface area contributed by atoms with Crippen LogP contribution in [0.25, 0.3) is 0 Å². The van der Waals surface area contributed by atoms with E-state index in [1.54, 1.807) is 12.4 Å². The number of nitrogen functional groups attached to an aromatic ring is 1. The highest BCUT2D eigenvalue weighted by atomic mass is 15.0. The highest BCUT2D eigenvalue weighted by Gasteiger charge is 1.96. The lowest BCUT2D eigenvalue weighted by Crippen LogP contribution is -2.04. The number of hydrogen-bond donors (Lipinski definition) is 2. The molecule has 0 saturated heterocycles. The molecule has 0 fully saturated rings. The Balaban J connectivity index is 2.12. The van der Waals surface area contributed by atoms with Crippen LogP contribution in [0, 0.1) is 5.92 Å². The molecule has 0 unspecified atom stereocenters. The molecular weight excluding hydrogens is 188 g/mol. The predicted molar refractivity (Wildman–Crippen MR) is 63.6 cm³/mol. The van der Waals surface area contributed by atoms with Crippen molar-refractivity contribution in [1.82, 2.24) is 9.97 Å². The predicted octanol–water partition coefficient (Wildman–Crippen LogP) is 2.30. The molecular formula is C11H20N4. The van der Waals surface area contributed by atoms with Crippen LogP contribution in [0.2, 0.25) is 0 Å². The van der Waals surface area contributed by atoms with E-state index >= 15 is 0 Å². The van der Waals surface area contributed by atoms with E-state index in [1.165, 1.54) is 19.3 Å². The fraction of sp³-hybridized carbons (Fsp3) is 0.636. The number of unbranched alkanes of at least 4 members (excludes halogenated alkanes) is 1. The molecule has 1 aromatic heterocycles. The van der Waals surface area contributed by atoms with Gasteiger partial charge >= 0.3 is 0 Å². The van der Waals surface area contributed by atoms with E-state index in [-0.39, 0.29) is 0 Å². The molecule has 4 heteroatoms. The van der Waals surface area contributed by atoms with Gasteiger partial charge in [0.2, 0.25) is 0 Å². The van der Waals surface area contributed by atoms with E-state index in [0.29, 0.717) is 5.82 Å². The second kappa shape index (κ2) is 6.22. The van der Waals surface area contributed by atoms with Gasteiger partial charge in [-0.1, -0.05) is 26.7 Å². The summed E-state index contributed by atoms with van der Waals surface area (Å²) in [4.78, 5) is 8.07. The van der Waals surface area contributed by atoms with E-state index in [1.807, 2.05) is 0 Å². The van der Waals surface area contributed by atoms with Crippen molar-refractivity contribution < 1.29 is 0 Å². The van der Waals surface area contributed by atoms with Gasteiger partial charge in [0.15, 0.2) is 0 Å². The number of anilines is 2. The van der Waals surface area contributed by atoms with E-state index in [4.69, 9.17) is 5.73 Å². The van der Waals surface area contributed by atoms with E-state index < -0.39 is 0 Å². The number of rotatable bonds is 6. The number of nitrogens with one attached hydrogen (secondary N) is 1. The number of aromatic nitrogens is 2. The van der Waals surface area contributed by atoms with Crippen molar-refractivity contribution in [3.05, 3.63) is 12.4 Å². The van der Waals surface area contributed by atoms with Gasteiger partial charge in [-0.15, -0.1) is 0 Å². The van der Waals surface area contributed by atoms with E-state index in [9.17, 15) is 0 Å². The molecule has 0 atom stereocenters. The first-order valence-corrected chi connectivity index (χ1v) is 5.50. The van der Waals surface area contributed by atoms with Crippen LogP contribution in [0.5, 0.6) is 0 Å². The van der Waals surface area contributed by atoms with Crippen molar-refractivity contribution in [3.63, 3.8) is 0 Å². The summed E-state index contributed by atoms with van der Waals surface area (Å²) in [5.41, 5.74) is 5.43. The Morgan fingerprint density at radius 2 is 2.07 bits per heavy atom. The highest BCUT2D eigenvalue weighted by Crippen LogP contribution is 2.07. The maximum Gasteiger partial charge on any atom is 0.144 e. The Kier molecular flexibility index (Phi) is 4.87. The van der Waals surface area contributed by atoms with Crippen LogP contribution in [-0.2, 0) is 0 Å². The quantitative estimate of drug-likeness (QED) is 0.704. The van der Waals surface area contributed by atoms with Gasteiger partial charge in [-0.25, -0.2) is 9.97 Å². The monoisotopic (exact) mass is 208 g/mol. The molecule has 0 spiro atoms. The molecule has 1 rings (SSSR count). The molecule has 84 valence electrons. The first kappa shape index (κ1) is 11.8. The molecule has 3 N–H and O–H groups in total. The molecule has 0 aliphatic heterocycles. The third-order valence-corrected chi connectivity index (χ3v) is 2.19. The Morgan fingerprint density at radius 1 is 1.27 bits per heavy atom. The van der Waals surface area contributed by atoms with Gasteiger partial charge in [0.25, 0.3) is 0 Å². The lowest BCUT2D eigenvalue weighted by atomic mass is 10.1. The zero-order valence-electron chi connectivity index (χ0n) is 9.53. The number of nitrogens with zero attached hydrogens (tertiary/aromatic N) is 2. The van der Waals surface area contributed by atoms with Gasteiger partial charge in [0, 0.05) is 6.54 Å². The van der Waals surface area contributed by atoms with Crippen LogP contribution >= 0.6 is 0 Å². The molecule has 1 aromatic rings. The first-order chi connectivity index (χ1) is 7.18. The Morgan fingerprint density at radius 3 is 2.67 bits per heavy atom. The van der Waals surface area contributed by atoms with Gasteiger partial charge in [0.05, 0.1) is 12.4 Å². The fourth-order valence-electron chi connectivity index (χ4n) is 1.32. The zero-order chi connectivity index (χ0) is 11.1. The average molecular weight is 208 g/mol. The lowest BCUT2D eigenvalue weighted by molar-refractivity contribution is 0.544. The van der Waals surface area contributed by atoms with Crippen LogP contribution in [0.4, 0.5) is 11.6 Å². The smallest absolute Gasteiger partial charge is 0.144 e. The van der Waals surface area contributed by atoms with Crippen LogP contribution < -0.4 is 11.1 Å². The van der Waals surface area contributed by atoms with Gasteiger partial charge in [-0.2, -0.15) is 0 Å². The van der Waals surface area contributed by atoms with Crippen LogP contribution in [0.15, 0.2) is 12.4 Å². The fourth-order valence-corrected chi connectivity index (χ4v) is 1.32. The van der Waals surface area contributed by atoms with Crippen LogP contribution in [0.3, 0.4) is 0 Å². The summed E-state index contributed by atoms with van der Waals surface area (Å²) in [6, 6.07) is 0. The summed E-state index contributed by atoms with van der Waals surface area (Å²) in [6.45, 7) is 5.45. The maximum absolute atomic E-state index is 5.43. The van der Waals surface area contributed by atoms with Gasteiger partial charge in [-0.3, -0.25) is 0 Å². The molecule has 0 aromatic carbocycles. The molecule has 4 nitrogen and oxygen atoms in total. The minimum atomic E-state index is 0.459. The maximum atomic E-state index is 5.43. The van der Waals surface area contributed by atoms with Crippen molar-refractivity contribution in [2.45, 2.75) is 33.1 Å². The normalized spacial score (nSPS) is 10.6. The van der Waals surface area contributed by atoms with Crippen molar-refractivity contribution in [1.29, 1.82) is 0 Å². The van der Waals surface area contributed by atoms with Crippen molar-refractivity contribution in [2.75, 3.05) is 17.6 Å². The topological polar surface area (TPSA) is 63.8 Å². The van der Waals surface area contributed by atoms with Crippen molar-refractivity contribution in [2.24, 2.45) is 5.92 Å². The van der Waals surface area contributed by atoms with Gasteiger partial charge in [0.1, 0.15) is 11.6 Å². The average Bonchev–Trinajstić information content (AvgIpc) is 2.20. The molecule has 0 saturated carbocycles. The zero-order valence-corrected chi connectivity index (χ0v) is 9.53. The van der Waals surface area contributed by atoms with E-state index in [0.717, 1.165) is 18.3 Å². The van der Waals surface area contributed by atoms with Gasteiger partial charge in [-0.05, 0) is 12.3 Å². The highest BCUT2D eigenvalue weighted by molar-refractivity contribution is 5.35. The first-order valence-electron chi connectivity index (χ1n) is 5.50. The SMILES string of the molecule is CC(C)CCCCNc1cnc(N)cn1. The Labute approximate surface area is 91.3 Å². The third kappa shape index (κ3) is 5.20. The molecule has 0 aliphatic rings. The largest absolute Gasteiger partial charge is 0.382 e. The van der Waals surface area contributed by atoms with Gasteiger partial charge < -0.3 is 11.1 Å². The van der Waals surface area contributed by atoms with Crippen LogP contribution in [-0.4, -0.2) is 16.5 Å². The Hall–Kier alpha value is -1.32. The lowest BCUT2D eigenvalue weighted by Gasteiger charge is -2.06. The minimum absolute atomic E-state index is 0.459. The summed E-state index contributed by atoms with van der Waals surface area (Å²) >= 11 is 0. The summed E-state index contributed by atoms with van der Waals surface area (Å²) in [5, 5.41) is 3.22. The number of hydrogen-bond acceptors (Lipinski definition) is 4. The van der Waals surface area contributed by atoms with Crippen molar-refractivity contribution in [3.8, 4) is 0 Å². The molecule has 1 heterocycles. The molecule has 0 radical (unpaired) electrons. The third-order valence-electron chi connectivity index (χ3n) is 2.19. The molecule has 0 bridgehead atoms. The molecule has 0 amide bonds. The minimum Gasteiger partial charge on any atom is -0.382 e. The number of nitrogens with two attached hydrogens (primary N) is 1. The second-order valence-electron chi connectivity index (χ2n) is 4.14. The summed E-state index contributed by atoms with van der Waals surface area (Å²) in [6.07, 6.45) is 6.95. The Bertz CT molecular complexity index is 268. The molecule has 15 heavy (non-hydrogen) atoms. The summed E-state index contributed by atoms with van der Waals surface area (Å²) < 4.78 is 0. The second-order valence-corrected chi connectivity index (χ2v) is 4.14. The molecule has 0 aliphatic carbocycles. The van der Waals surface area contributed by atoms with E-state index in [2.05, 4.69) is 29.1 Å². The summed E-state index contributed by atoms with van der Waals surface area (Å²) in [5.74, 6) is 2.05.